The lowest BCUT2D eigenvalue weighted by Gasteiger charge is -2.48. The molecule has 0 aromatic heterocycles. The fourth-order valence-electron chi connectivity index (χ4n) is 4.31. The van der Waals surface area contributed by atoms with Gasteiger partial charge < -0.3 is 9.47 Å². The number of benzene rings is 1. The van der Waals surface area contributed by atoms with Gasteiger partial charge in [0.1, 0.15) is 17.0 Å². The molecule has 31 heavy (non-hydrogen) atoms. The molecule has 1 saturated heterocycles. The molecular weight excluding hydrogens is 469 g/mol. The van der Waals surface area contributed by atoms with Crippen LogP contribution in [0.15, 0.2) is 27.7 Å². The van der Waals surface area contributed by atoms with E-state index in [0.717, 1.165) is 12.8 Å². The van der Waals surface area contributed by atoms with Crippen molar-refractivity contribution in [2.24, 2.45) is 16.8 Å². The van der Waals surface area contributed by atoms with Gasteiger partial charge in [0.2, 0.25) is 11.9 Å². The minimum Gasteiger partial charge on any atom is -0.444 e. The van der Waals surface area contributed by atoms with Gasteiger partial charge in [-0.2, -0.15) is 0 Å². The van der Waals surface area contributed by atoms with Crippen LogP contribution in [0.2, 0.25) is 0 Å². The Bertz CT molecular complexity index is 943. The highest BCUT2D eigenvalue weighted by molar-refractivity contribution is 9.10. The molecule has 1 N–H and O–H groups in total. The third kappa shape index (κ3) is 4.35. The Morgan fingerprint density at radius 2 is 2.10 bits per heavy atom. The summed E-state index contributed by atoms with van der Waals surface area (Å²) in [5, 5.41) is 2.57. The normalized spacial score (nSPS) is 28.6. The minimum atomic E-state index is -1.27. The van der Waals surface area contributed by atoms with E-state index in [1.807, 2.05) is 0 Å². The molecule has 168 valence electrons. The number of aliphatic imine (C=N–C) groups is 1. The van der Waals surface area contributed by atoms with E-state index in [4.69, 9.17) is 14.5 Å². The van der Waals surface area contributed by atoms with Gasteiger partial charge >= 0.3 is 6.09 Å². The number of nitrogens with zero attached hydrogens (tertiary/aromatic N) is 2. The van der Waals surface area contributed by atoms with Crippen molar-refractivity contribution in [3.63, 3.8) is 0 Å². The Kier molecular flexibility index (Phi) is 5.62. The Morgan fingerprint density at radius 3 is 2.74 bits per heavy atom. The molecule has 9 heteroatoms. The van der Waals surface area contributed by atoms with Gasteiger partial charge in [0.25, 0.3) is 0 Å². The van der Waals surface area contributed by atoms with Crippen molar-refractivity contribution in [1.82, 2.24) is 10.2 Å². The number of nitrogens with one attached hydrogen (secondary N) is 1. The SMILES string of the molecule is CN1C(=O)C2C[C@H](C3CC3)OC[C@]2(c2cc(Br)ccc2F)N=C1NC(=O)OC(C)(C)C. The predicted octanol–water partition coefficient (Wildman–Crippen LogP) is 3.95. The summed E-state index contributed by atoms with van der Waals surface area (Å²) in [6.45, 7) is 5.29. The van der Waals surface area contributed by atoms with E-state index in [0.29, 0.717) is 16.8 Å². The summed E-state index contributed by atoms with van der Waals surface area (Å²) in [5.41, 5.74) is -1.72. The fraction of sp³-hybridized carbons (Fsp3) is 0.591. The molecule has 2 aliphatic heterocycles. The van der Waals surface area contributed by atoms with Gasteiger partial charge in [-0.25, -0.2) is 14.2 Å². The lowest BCUT2D eigenvalue weighted by molar-refractivity contribution is -0.146. The number of alkyl carbamates (subject to hydrolysis) is 1. The van der Waals surface area contributed by atoms with Gasteiger partial charge in [-0.05, 0) is 64.2 Å². The summed E-state index contributed by atoms with van der Waals surface area (Å²) in [6.07, 6.45) is 1.84. The second-order valence-corrected chi connectivity index (χ2v) is 10.4. The molecule has 1 saturated carbocycles. The van der Waals surface area contributed by atoms with Crippen LogP contribution < -0.4 is 5.32 Å². The van der Waals surface area contributed by atoms with Crippen molar-refractivity contribution in [3.05, 3.63) is 34.1 Å². The summed E-state index contributed by atoms with van der Waals surface area (Å²) in [6, 6.07) is 4.58. The fourth-order valence-corrected chi connectivity index (χ4v) is 4.67. The number of hydrogen-bond donors (Lipinski definition) is 1. The number of guanidine groups is 1. The van der Waals surface area contributed by atoms with Crippen LogP contribution in [0.3, 0.4) is 0 Å². The summed E-state index contributed by atoms with van der Waals surface area (Å²) in [5.74, 6) is -0.837. The summed E-state index contributed by atoms with van der Waals surface area (Å²) < 4.78 is 27.2. The molecule has 1 aromatic rings. The van der Waals surface area contributed by atoms with Gasteiger partial charge in [-0.15, -0.1) is 0 Å². The Hall–Kier alpha value is -2.00. The summed E-state index contributed by atoms with van der Waals surface area (Å²) in [4.78, 5) is 31.9. The van der Waals surface area contributed by atoms with Crippen LogP contribution >= 0.6 is 15.9 Å². The lowest BCUT2D eigenvalue weighted by Crippen LogP contribution is -2.61. The molecule has 0 bridgehead atoms. The first-order valence-electron chi connectivity index (χ1n) is 10.4. The average molecular weight is 496 g/mol. The summed E-state index contributed by atoms with van der Waals surface area (Å²) in [7, 11) is 1.56. The molecule has 2 fully saturated rings. The van der Waals surface area contributed by atoms with Gasteiger partial charge in [-0.3, -0.25) is 15.0 Å². The number of carbonyl (C=O) groups excluding carboxylic acids is 2. The molecular formula is C22H27BrFN3O4. The third-order valence-electron chi connectivity index (χ3n) is 5.97. The van der Waals surface area contributed by atoms with E-state index in [1.165, 1.54) is 11.0 Å². The highest BCUT2D eigenvalue weighted by atomic mass is 79.9. The number of hydrogen-bond acceptors (Lipinski definition) is 5. The zero-order valence-corrected chi connectivity index (χ0v) is 19.7. The molecule has 1 aromatic carbocycles. The number of carbonyl (C=O) groups is 2. The van der Waals surface area contributed by atoms with Crippen molar-refractivity contribution in [1.29, 1.82) is 0 Å². The maximum Gasteiger partial charge on any atom is 0.414 e. The largest absolute Gasteiger partial charge is 0.444 e. The molecule has 1 aliphatic carbocycles. The quantitative estimate of drug-likeness (QED) is 0.673. The van der Waals surface area contributed by atoms with Crippen LogP contribution in [0.5, 0.6) is 0 Å². The average Bonchev–Trinajstić information content (AvgIpc) is 3.51. The molecule has 0 spiro atoms. The molecule has 3 atom stereocenters. The Morgan fingerprint density at radius 1 is 1.39 bits per heavy atom. The molecule has 0 radical (unpaired) electrons. The molecule has 3 aliphatic rings. The van der Waals surface area contributed by atoms with Crippen molar-refractivity contribution in [2.45, 2.75) is 57.3 Å². The Labute approximate surface area is 189 Å². The van der Waals surface area contributed by atoms with Crippen LogP contribution in [-0.4, -0.2) is 48.2 Å². The first kappa shape index (κ1) is 22.2. The van der Waals surface area contributed by atoms with Gasteiger partial charge in [0, 0.05) is 17.1 Å². The maximum absolute atomic E-state index is 15.0. The van der Waals surface area contributed by atoms with E-state index < -0.39 is 29.0 Å². The zero-order chi connectivity index (χ0) is 22.6. The lowest BCUT2D eigenvalue weighted by atomic mass is 9.72. The molecule has 2 heterocycles. The molecule has 2 amide bonds. The van der Waals surface area contributed by atoms with Crippen LogP contribution in [0.4, 0.5) is 9.18 Å². The van der Waals surface area contributed by atoms with Crippen LogP contribution in [-0.2, 0) is 19.8 Å². The van der Waals surface area contributed by atoms with Crippen molar-refractivity contribution in [3.8, 4) is 0 Å². The zero-order valence-electron chi connectivity index (χ0n) is 18.1. The molecule has 4 rings (SSSR count). The highest BCUT2D eigenvalue weighted by Gasteiger charge is 2.56. The van der Waals surface area contributed by atoms with Crippen molar-refractivity contribution >= 4 is 33.9 Å². The van der Waals surface area contributed by atoms with Gasteiger partial charge in [-0.1, -0.05) is 15.9 Å². The first-order valence-corrected chi connectivity index (χ1v) is 11.2. The van der Waals surface area contributed by atoms with Crippen molar-refractivity contribution < 1.29 is 23.5 Å². The second kappa shape index (κ2) is 7.85. The number of ether oxygens (including phenoxy) is 2. The Balaban J connectivity index is 1.77. The van der Waals surface area contributed by atoms with Crippen LogP contribution in [0, 0.1) is 17.7 Å². The van der Waals surface area contributed by atoms with E-state index in [9.17, 15) is 9.59 Å². The smallest absolute Gasteiger partial charge is 0.414 e. The standard InChI is InChI=1S/C22H27BrFN3O4/c1-21(2,3)31-20(29)25-19-26-22(14-9-13(23)7-8-16(14)24)11-30-17(12-5-6-12)10-15(22)18(28)27(19)4/h7-9,12,15,17H,5-6,10-11H2,1-4H3,(H,25,26,29)/t15?,17-,22-/m1/s1. The summed E-state index contributed by atoms with van der Waals surface area (Å²) >= 11 is 3.40. The number of halogens is 2. The number of fused-ring (bicyclic) bond motifs is 1. The van der Waals surface area contributed by atoms with Gasteiger partial charge in [0.15, 0.2) is 0 Å². The second-order valence-electron chi connectivity index (χ2n) is 9.48. The van der Waals surface area contributed by atoms with E-state index >= 15 is 4.39 Å². The van der Waals surface area contributed by atoms with E-state index in [-0.39, 0.29) is 30.1 Å². The monoisotopic (exact) mass is 495 g/mol. The van der Waals surface area contributed by atoms with Gasteiger partial charge in [0.05, 0.1) is 18.6 Å². The minimum absolute atomic E-state index is 0.0170. The van der Waals surface area contributed by atoms with E-state index in [2.05, 4.69) is 21.2 Å². The predicted molar refractivity (Wildman–Crippen MR) is 116 cm³/mol. The first-order chi connectivity index (χ1) is 14.5. The van der Waals surface area contributed by atoms with Crippen LogP contribution in [0.1, 0.15) is 45.6 Å². The highest BCUT2D eigenvalue weighted by Crippen LogP contribution is 2.49. The maximum atomic E-state index is 15.0. The number of amides is 2. The topological polar surface area (TPSA) is 80.2 Å². The number of rotatable bonds is 2. The molecule has 1 unspecified atom stereocenters. The third-order valence-corrected chi connectivity index (χ3v) is 6.46. The van der Waals surface area contributed by atoms with Crippen molar-refractivity contribution in [2.75, 3.05) is 13.7 Å². The molecule has 7 nitrogen and oxygen atoms in total. The van der Waals surface area contributed by atoms with Crippen LogP contribution in [0.25, 0.3) is 0 Å². The van der Waals surface area contributed by atoms with E-state index in [1.54, 1.807) is 40.0 Å².